The zero-order valence-corrected chi connectivity index (χ0v) is 11.2. The molecule has 0 aliphatic carbocycles. The summed E-state index contributed by atoms with van der Waals surface area (Å²) in [6.45, 7) is 2.11. The smallest absolute Gasteiger partial charge is 0.374 e. The molecule has 110 valence electrons. The predicted octanol–water partition coefficient (Wildman–Crippen LogP) is 1.79. The summed E-state index contributed by atoms with van der Waals surface area (Å²) >= 11 is 0. The van der Waals surface area contributed by atoms with Gasteiger partial charge in [0.2, 0.25) is 5.76 Å². The Kier molecular flexibility index (Phi) is 4.32. The molecule has 0 bridgehead atoms. The highest BCUT2D eigenvalue weighted by atomic mass is 19.1. The number of rotatable bonds is 5. The third-order valence-electron chi connectivity index (χ3n) is 2.94. The van der Waals surface area contributed by atoms with Crippen LogP contribution in [0, 0.1) is 12.7 Å². The van der Waals surface area contributed by atoms with Gasteiger partial charge in [0.1, 0.15) is 5.82 Å². The molecule has 0 saturated carbocycles. The number of aromatic carboxylic acids is 1. The van der Waals surface area contributed by atoms with Crippen molar-refractivity contribution < 1.29 is 23.6 Å². The molecular weight excluding hydrogens is 279 g/mol. The van der Waals surface area contributed by atoms with E-state index in [-0.39, 0.29) is 11.5 Å². The number of halogens is 1. The van der Waals surface area contributed by atoms with Crippen LogP contribution in [0.4, 0.5) is 4.39 Å². The monoisotopic (exact) mass is 292 g/mol. The molecule has 2 aromatic rings. The number of amides is 1. The standard InChI is InChI=1S/C14H13FN2O4/c1-8-6-10(15)3-2-9(8)4-5-16-13(18)11-7-12(14(19)20)21-17-11/h2-3,6-7H,4-5H2,1H3,(H,16,18)(H,19,20). The topological polar surface area (TPSA) is 92.4 Å². The van der Waals surface area contributed by atoms with Gasteiger partial charge in [-0.3, -0.25) is 4.79 Å². The Morgan fingerprint density at radius 2 is 2.14 bits per heavy atom. The number of carboxylic acids is 1. The van der Waals surface area contributed by atoms with Crippen LogP contribution in [0.3, 0.4) is 0 Å². The van der Waals surface area contributed by atoms with Gasteiger partial charge in [-0.2, -0.15) is 0 Å². The Morgan fingerprint density at radius 1 is 1.38 bits per heavy atom. The van der Waals surface area contributed by atoms with Gasteiger partial charge >= 0.3 is 5.97 Å². The second kappa shape index (κ2) is 6.17. The van der Waals surface area contributed by atoms with E-state index >= 15 is 0 Å². The number of nitrogens with zero attached hydrogens (tertiary/aromatic N) is 1. The lowest BCUT2D eigenvalue weighted by Gasteiger charge is -2.06. The molecule has 6 nitrogen and oxygen atoms in total. The third-order valence-corrected chi connectivity index (χ3v) is 2.94. The first-order valence-corrected chi connectivity index (χ1v) is 6.20. The van der Waals surface area contributed by atoms with E-state index in [0.717, 1.165) is 17.2 Å². The van der Waals surface area contributed by atoms with Crippen LogP contribution in [0.15, 0.2) is 28.8 Å². The van der Waals surface area contributed by atoms with Gasteiger partial charge in [0.05, 0.1) is 0 Å². The minimum absolute atomic E-state index is 0.0942. The molecule has 1 aromatic carbocycles. The van der Waals surface area contributed by atoms with E-state index in [4.69, 9.17) is 5.11 Å². The quantitative estimate of drug-likeness (QED) is 0.876. The summed E-state index contributed by atoms with van der Waals surface area (Å²) in [6, 6.07) is 5.51. The van der Waals surface area contributed by atoms with Crippen LogP contribution in [0.1, 0.15) is 32.2 Å². The highest BCUT2D eigenvalue weighted by molar-refractivity contribution is 5.94. The van der Waals surface area contributed by atoms with Crippen LogP contribution in [-0.4, -0.2) is 28.7 Å². The molecule has 2 rings (SSSR count). The molecule has 0 atom stereocenters. The van der Waals surface area contributed by atoms with Gasteiger partial charge in [0.15, 0.2) is 5.69 Å². The zero-order valence-electron chi connectivity index (χ0n) is 11.2. The highest BCUT2D eigenvalue weighted by Crippen LogP contribution is 2.10. The average molecular weight is 292 g/mol. The van der Waals surface area contributed by atoms with Gasteiger partial charge in [-0.25, -0.2) is 9.18 Å². The molecule has 1 aromatic heterocycles. The lowest BCUT2D eigenvalue weighted by atomic mass is 10.1. The van der Waals surface area contributed by atoms with Gasteiger partial charge in [0.25, 0.3) is 5.91 Å². The summed E-state index contributed by atoms with van der Waals surface area (Å²) < 4.78 is 17.4. The molecule has 0 saturated heterocycles. The average Bonchev–Trinajstić information content (AvgIpc) is 2.91. The molecule has 1 heterocycles. The summed E-state index contributed by atoms with van der Waals surface area (Å²) in [6.07, 6.45) is 0.529. The van der Waals surface area contributed by atoms with Gasteiger partial charge in [-0.15, -0.1) is 0 Å². The maximum atomic E-state index is 13.0. The Labute approximate surface area is 119 Å². The van der Waals surface area contributed by atoms with E-state index in [0.29, 0.717) is 13.0 Å². The highest BCUT2D eigenvalue weighted by Gasteiger charge is 2.16. The lowest BCUT2D eigenvalue weighted by Crippen LogP contribution is -2.26. The van der Waals surface area contributed by atoms with Crippen molar-refractivity contribution in [2.24, 2.45) is 0 Å². The van der Waals surface area contributed by atoms with E-state index in [1.807, 2.05) is 0 Å². The number of aromatic nitrogens is 1. The number of hydrogen-bond acceptors (Lipinski definition) is 4. The van der Waals surface area contributed by atoms with Crippen LogP contribution in [0.2, 0.25) is 0 Å². The maximum absolute atomic E-state index is 13.0. The first-order chi connectivity index (χ1) is 9.97. The molecule has 0 unspecified atom stereocenters. The van der Waals surface area contributed by atoms with Gasteiger partial charge < -0.3 is 14.9 Å². The Morgan fingerprint density at radius 3 is 2.76 bits per heavy atom. The second-order valence-corrected chi connectivity index (χ2v) is 4.46. The molecule has 7 heteroatoms. The zero-order chi connectivity index (χ0) is 15.4. The Hall–Kier alpha value is -2.70. The fourth-order valence-corrected chi connectivity index (χ4v) is 1.82. The second-order valence-electron chi connectivity index (χ2n) is 4.46. The van der Waals surface area contributed by atoms with E-state index in [1.165, 1.54) is 12.1 Å². The van der Waals surface area contributed by atoms with Crippen molar-refractivity contribution in [3.63, 3.8) is 0 Å². The van der Waals surface area contributed by atoms with Crippen molar-refractivity contribution in [1.29, 1.82) is 0 Å². The van der Waals surface area contributed by atoms with Crippen molar-refractivity contribution in [2.45, 2.75) is 13.3 Å². The summed E-state index contributed by atoms with van der Waals surface area (Å²) in [5.41, 5.74) is 1.63. The molecular formula is C14H13FN2O4. The van der Waals surface area contributed by atoms with Gasteiger partial charge in [-0.1, -0.05) is 11.2 Å². The molecule has 0 aliphatic heterocycles. The van der Waals surface area contributed by atoms with E-state index in [2.05, 4.69) is 15.0 Å². The SMILES string of the molecule is Cc1cc(F)ccc1CCNC(=O)c1cc(C(=O)O)on1. The van der Waals surface area contributed by atoms with E-state index in [9.17, 15) is 14.0 Å². The van der Waals surface area contributed by atoms with Crippen molar-refractivity contribution in [3.05, 3.63) is 52.7 Å². The summed E-state index contributed by atoms with van der Waals surface area (Å²) in [7, 11) is 0. The van der Waals surface area contributed by atoms with Crippen LogP contribution >= 0.6 is 0 Å². The Bertz CT molecular complexity index is 681. The van der Waals surface area contributed by atoms with Crippen molar-refractivity contribution in [2.75, 3.05) is 6.54 Å². The van der Waals surface area contributed by atoms with Crippen LogP contribution < -0.4 is 5.32 Å². The number of carboxylic acid groups (broad SMARTS) is 1. The van der Waals surface area contributed by atoms with Gasteiger partial charge in [-0.05, 0) is 36.6 Å². The number of benzene rings is 1. The fraction of sp³-hybridized carbons (Fsp3) is 0.214. The van der Waals surface area contributed by atoms with Crippen LogP contribution in [0.5, 0.6) is 0 Å². The molecule has 21 heavy (non-hydrogen) atoms. The molecule has 0 radical (unpaired) electrons. The van der Waals surface area contributed by atoms with Crippen LogP contribution in [0.25, 0.3) is 0 Å². The summed E-state index contributed by atoms with van der Waals surface area (Å²) in [5.74, 6) is -2.51. The molecule has 2 N–H and O–H groups in total. The molecule has 0 aliphatic rings. The van der Waals surface area contributed by atoms with Crippen molar-refractivity contribution in [3.8, 4) is 0 Å². The number of hydrogen-bond donors (Lipinski definition) is 2. The van der Waals surface area contributed by atoms with E-state index in [1.54, 1.807) is 13.0 Å². The van der Waals surface area contributed by atoms with E-state index < -0.39 is 17.6 Å². The lowest BCUT2D eigenvalue weighted by molar-refractivity contribution is 0.0651. The van der Waals surface area contributed by atoms with Crippen molar-refractivity contribution >= 4 is 11.9 Å². The summed E-state index contributed by atoms with van der Waals surface area (Å²) in [4.78, 5) is 22.3. The minimum atomic E-state index is -1.29. The normalized spacial score (nSPS) is 10.4. The van der Waals surface area contributed by atoms with Gasteiger partial charge in [0, 0.05) is 12.6 Å². The fourth-order valence-electron chi connectivity index (χ4n) is 1.82. The van der Waals surface area contributed by atoms with Crippen LogP contribution in [-0.2, 0) is 6.42 Å². The molecule has 0 fully saturated rings. The number of aryl methyl sites for hydroxylation is 1. The first kappa shape index (κ1) is 14.7. The summed E-state index contributed by atoms with van der Waals surface area (Å²) in [5, 5.41) is 14.6. The first-order valence-electron chi connectivity index (χ1n) is 6.20. The number of carbonyl (C=O) groups is 2. The third kappa shape index (κ3) is 3.65. The van der Waals surface area contributed by atoms with Crippen molar-refractivity contribution in [1.82, 2.24) is 10.5 Å². The molecule has 1 amide bonds. The number of nitrogens with one attached hydrogen (secondary N) is 1. The Balaban J connectivity index is 1.90. The number of carbonyl (C=O) groups excluding carboxylic acids is 1. The maximum Gasteiger partial charge on any atom is 0.374 e. The predicted molar refractivity (Wildman–Crippen MR) is 70.6 cm³/mol. The minimum Gasteiger partial charge on any atom is -0.475 e. The molecule has 0 spiro atoms. The largest absolute Gasteiger partial charge is 0.475 e.